The SMILES string of the molecule is CCCCCCCCCCCC[N+](C)(C)C(C)C(O)c1cc(C)ccc1C.[Cl-]. The molecule has 0 aliphatic heterocycles. The van der Waals surface area contributed by atoms with Gasteiger partial charge in [-0.1, -0.05) is 82.1 Å². The predicted molar refractivity (Wildman–Crippen MR) is 119 cm³/mol. The van der Waals surface area contributed by atoms with Crippen molar-refractivity contribution in [1.82, 2.24) is 0 Å². The number of unbranched alkanes of at least 4 members (excludes halogenated alkanes) is 9. The van der Waals surface area contributed by atoms with Crippen molar-refractivity contribution in [1.29, 1.82) is 0 Å². The molecule has 2 atom stereocenters. The van der Waals surface area contributed by atoms with Gasteiger partial charge in [0.15, 0.2) is 0 Å². The first-order valence-electron chi connectivity index (χ1n) is 11.4. The average Bonchev–Trinajstić information content (AvgIpc) is 2.64. The van der Waals surface area contributed by atoms with Crippen molar-refractivity contribution in [2.75, 3.05) is 20.6 Å². The Balaban J connectivity index is 0.00000729. The van der Waals surface area contributed by atoms with Crippen LogP contribution in [0.3, 0.4) is 0 Å². The highest BCUT2D eigenvalue weighted by atomic mass is 35.5. The molecule has 1 aromatic carbocycles. The summed E-state index contributed by atoms with van der Waals surface area (Å²) in [6, 6.07) is 6.60. The van der Waals surface area contributed by atoms with Gasteiger partial charge < -0.3 is 22.0 Å². The minimum atomic E-state index is -0.400. The molecule has 0 saturated heterocycles. The van der Waals surface area contributed by atoms with Gasteiger partial charge in [0.05, 0.1) is 20.6 Å². The minimum absolute atomic E-state index is 0. The van der Waals surface area contributed by atoms with E-state index in [1.54, 1.807) is 0 Å². The van der Waals surface area contributed by atoms with Crippen LogP contribution in [0.5, 0.6) is 0 Å². The Morgan fingerprint density at radius 2 is 1.36 bits per heavy atom. The summed E-state index contributed by atoms with van der Waals surface area (Å²) in [6.45, 7) is 9.82. The van der Waals surface area contributed by atoms with Crippen LogP contribution in [0, 0.1) is 13.8 Å². The summed E-state index contributed by atoms with van der Waals surface area (Å²) < 4.78 is 0.881. The van der Waals surface area contributed by atoms with Gasteiger partial charge in [0, 0.05) is 0 Å². The molecule has 3 heteroatoms. The van der Waals surface area contributed by atoms with Gasteiger partial charge in [-0.3, -0.25) is 0 Å². The summed E-state index contributed by atoms with van der Waals surface area (Å²) in [4.78, 5) is 0. The summed E-state index contributed by atoms with van der Waals surface area (Å²) in [7, 11) is 4.54. The second-order valence-electron chi connectivity index (χ2n) is 9.23. The van der Waals surface area contributed by atoms with E-state index in [-0.39, 0.29) is 18.4 Å². The zero-order valence-electron chi connectivity index (χ0n) is 19.4. The third kappa shape index (κ3) is 9.76. The Labute approximate surface area is 181 Å². The third-order valence-electron chi connectivity index (χ3n) is 6.40. The monoisotopic (exact) mass is 411 g/mol. The maximum Gasteiger partial charge on any atom is 0.131 e. The van der Waals surface area contributed by atoms with Gasteiger partial charge in [0.25, 0.3) is 0 Å². The van der Waals surface area contributed by atoms with Gasteiger partial charge in [-0.05, 0) is 44.7 Å². The fourth-order valence-corrected chi connectivity index (χ4v) is 3.93. The molecule has 0 aromatic heterocycles. The Morgan fingerprint density at radius 1 is 0.857 bits per heavy atom. The molecular formula is C25H46ClNO. The zero-order valence-corrected chi connectivity index (χ0v) is 20.2. The molecule has 0 bridgehead atoms. The third-order valence-corrected chi connectivity index (χ3v) is 6.40. The molecule has 1 N–H and O–H groups in total. The molecule has 0 amide bonds. The molecule has 2 nitrogen and oxygen atoms in total. The number of aryl methyl sites for hydroxylation is 2. The van der Waals surface area contributed by atoms with Gasteiger partial charge >= 0.3 is 0 Å². The first-order valence-corrected chi connectivity index (χ1v) is 11.4. The molecule has 0 aliphatic rings. The number of likely N-dealkylation sites (N-methyl/N-ethyl adjacent to an activating group) is 1. The van der Waals surface area contributed by atoms with Crippen molar-refractivity contribution in [3.8, 4) is 0 Å². The molecule has 1 aromatic rings. The van der Waals surface area contributed by atoms with Gasteiger partial charge in [0.2, 0.25) is 0 Å². The van der Waals surface area contributed by atoms with Crippen molar-refractivity contribution < 1.29 is 22.0 Å². The van der Waals surface area contributed by atoms with Crippen molar-refractivity contribution >= 4 is 0 Å². The van der Waals surface area contributed by atoms with Gasteiger partial charge in [-0.2, -0.15) is 0 Å². The van der Waals surface area contributed by atoms with Gasteiger partial charge in [-0.15, -0.1) is 0 Å². The maximum absolute atomic E-state index is 11.0. The number of quaternary nitrogens is 1. The quantitative estimate of drug-likeness (QED) is 0.365. The van der Waals surface area contributed by atoms with E-state index in [0.717, 1.165) is 16.6 Å². The summed E-state index contributed by atoms with van der Waals surface area (Å²) in [6.07, 6.45) is 13.3. The van der Waals surface area contributed by atoms with Crippen molar-refractivity contribution in [2.24, 2.45) is 0 Å². The second-order valence-corrected chi connectivity index (χ2v) is 9.23. The lowest BCUT2D eigenvalue weighted by atomic mass is 9.95. The van der Waals surface area contributed by atoms with E-state index in [0.29, 0.717) is 0 Å². The fraction of sp³-hybridized carbons (Fsp3) is 0.760. The van der Waals surface area contributed by atoms with Crippen LogP contribution in [0.15, 0.2) is 18.2 Å². The van der Waals surface area contributed by atoms with Crippen LogP contribution in [0.2, 0.25) is 0 Å². The lowest BCUT2D eigenvalue weighted by Crippen LogP contribution is -3.00. The molecule has 0 saturated carbocycles. The van der Waals surface area contributed by atoms with Crippen LogP contribution in [-0.2, 0) is 0 Å². The Bertz CT molecular complexity index is 529. The smallest absolute Gasteiger partial charge is 0.131 e. The second kappa shape index (κ2) is 14.4. The van der Waals surface area contributed by atoms with E-state index < -0.39 is 6.10 Å². The van der Waals surface area contributed by atoms with E-state index in [2.05, 4.69) is 60.0 Å². The summed E-state index contributed by atoms with van der Waals surface area (Å²) in [5.41, 5.74) is 3.51. The lowest BCUT2D eigenvalue weighted by molar-refractivity contribution is -0.917. The highest BCUT2D eigenvalue weighted by molar-refractivity contribution is 5.32. The first-order chi connectivity index (χ1) is 12.8. The standard InChI is InChI=1S/C25H46NO.ClH/c1-7-8-9-10-11-12-13-14-15-16-19-26(5,6)23(4)25(27)24-20-21(2)17-18-22(24)3;/h17-18,20,23,25,27H,7-16,19H2,1-6H3;1H/q+1;/p-1. The van der Waals surface area contributed by atoms with E-state index in [9.17, 15) is 5.11 Å². The fourth-order valence-electron chi connectivity index (χ4n) is 3.93. The Hall–Kier alpha value is -0.570. The highest BCUT2D eigenvalue weighted by Crippen LogP contribution is 2.27. The van der Waals surface area contributed by atoms with Crippen LogP contribution in [0.4, 0.5) is 0 Å². The molecule has 2 unspecified atom stereocenters. The number of rotatable bonds is 14. The van der Waals surface area contributed by atoms with Crippen LogP contribution in [-0.4, -0.2) is 36.3 Å². The van der Waals surface area contributed by atoms with E-state index in [4.69, 9.17) is 0 Å². The average molecular weight is 412 g/mol. The van der Waals surface area contributed by atoms with Crippen LogP contribution in [0.1, 0.15) is 101 Å². The minimum Gasteiger partial charge on any atom is -1.00 e. The number of aliphatic hydroxyl groups is 1. The molecule has 0 radical (unpaired) electrons. The van der Waals surface area contributed by atoms with Gasteiger partial charge in [0.1, 0.15) is 12.1 Å². The zero-order chi connectivity index (χ0) is 20.3. The Morgan fingerprint density at radius 3 is 1.89 bits per heavy atom. The number of hydrogen-bond acceptors (Lipinski definition) is 1. The molecule has 164 valence electrons. The van der Waals surface area contributed by atoms with E-state index in [1.807, 2.05) is 0 Å². The molecule has 28 heavy (non-hydrogen) atoms. The normalized spacial score (nSPS) is 13.8. The molecule has 0 fully saturated rings. The number of hydrogen-bond donors (Lipinski definition) is 1. The van der Waals surface area contributed by atoms with Crippen LogP contribution >= 0.6 is 0 Å². The highest BCUT2D eigenvalue weighted by Gasteiger charge is 2.31. The van der Waals surface area contributed by atoms with Crippen molar-refractivity contribution in [3.05, 3.63) is 34.9 Å². The number of benzene rings is 1. The largest absolute Gasteiger partial charge is 1.00 e. The molecule has 0 heterocycles. The van der Waals surface area contributed by atoms with E-state index in [1.165, 1.54) is 75.3 Å². The topological polar surface area (TPSA) is 20.2 Å². The van der Waals surface area contributed by atoms with Crippen LogP contribution < -0.4 is 12.4 Å². The number of halogens is 1. The lowest BCUT2D eigenvalue weighted by Gasteiger charge is -2.39. The van der Waals surface area contributed by atoms with Crippen molar-refractivity contribution in [3.63, 3.8) is 0 Å². The van der Waals surface area contributed by atoms with E-state index >= 15 is 0 Å². The molecule has 1 rings (SSSR count). The van der Waals surface area contributed by atoms with Crippen LogP contribution in [0.25, 0.3) is 0 Å². The van der Waals surface area contributed by atoms with Gasteiger partial charge in [-0.25, -0.2) is 0 Å². The molecule has 0 spiro atoms. The number of aliphatic hydroxyl groups excluding tert-OH is 1. The molecular weight excluding hydrogens is 366 g/mol. The Kier molecular flexibility index (Phi) is 14.1. The molecule has 0 aliphatic carbocycles. The number of nitrogens with zero attached hydrogens (tertiary/aromatic N) is 1. The summed E-state index contributed by atoms with van der Waals surface area (Å²) >= 11 is 0. The first kappa shape index (κ1) is 27.4. The predicted octanol–water partition coefficient (Wildman–Crippen LogP) is 3.73. The maximum atomic E-state index is 11.0. The van der Waals surface area contributed by atoms with Crippen molar-refractivity contribution in [2.45, 2.75) is 104 Å². The summed E-state index contributed by atoms with van der Waals surface area (Å²) in [5.74, 6) is 0. The summed E-state index contributed by atoms with van der Waals surface area (Å²) in [5, 5.41) is 11.0.